The molecule has 1 heterocycles. The van der Waals surface area contributed by atoms with Crippen molar-refractivity contribution >= 4 is 29.2 Å². The van der Waals surface area contributed by atoms with Gasteiger partial charge in [-0.3, -0.25) is 0 Å². The normalized spacial score (nSPS) is 11.8. The maximum atomic E-state index is 10.9. The van der Waals surface area contributed by atoms with Gasteiger partial charge in [-0.1, -0.05) is 47.5 Å². The van der Waals surface area contributed by atoms with Crippen LogP contribution in [0.25, 0.3) is 0 Å². The van der Waals surface area contributed by atoms with E-state index in [4.69, 9.17) is 33.0 Å². The first-order valence-electron chi connectivity index (χ1n) is 9.22. The average Bonchev–Trinajstić information content (AvgIpc) is 2.73. The zero-order valence-corrected chi connectivity index (χ0v) is 17.4. The van der Waals surface area contributed by atoms with Crippen LogP contribution < -0.4 is 10.1 Å². The highest BCUT2D eigenvalue weighted by molar-refractivity contribution is 6.32. The van der Waals surface area contributed by atoms with Crippen LogP contribution >= 0.6 is 23.2 Å². The van der Waals surface area contributed by atoms with Gasteiger partial charge in [-0.25, -0.2) is 9.78 Å². The number of hydrogen-bond acceptors (Lipinski definition) is 5. The molecule has 156 valence electrons. The van der Waals surface area contributed by atoms with Crippen LogP contribution in [0.5, 0.6) is 11.6 Å². The molecule has 0 aliphatic rings. The topological polar surface area (TPSA) is 91.7 Å². The molecule has 3 rings (SSSR count). The number of aliphatic hydroxyl groups excluding tert-OH is 1. The summed E-state index contributed by atoms with van der Waals surface area (Å²) < 4.78 is 5.62. The highest BCUT2D eigenvalue weighted by Crippen LogP contribution is 2.28. The predicted octanol–water partition coefficient (Wildman–Crippen LogP) is 4.74. The van der Waals surface area contributed by atoms with Gasteiger partial charge in [0, 0.05) is 17.8 Å². The second-order valence-electron chi connectivity index (χ2n) is 6.59. The third-order valence-electron chi connectivity index (χ3n) is 4.35. The summed E-state index contributed by atoms with van der Waals surface area (Å²) in [6.45, 7) is 1.12. The second kappa shape index (κ2) is 10.4. The van der Waals surface area contributed by atoms with Crippen molar-refractivity contribution in [3.05, 3.63) is 87.5 Å². The monoisotopic (exact) mass is 446 g/mol. The Balaban J connectivity index is 1.47. The molecule has 1 atom stereocenters. The first kappa shape index (κ1) is 22.1. The van der Waals surface area contributed by atoms with E-state index in [1.807, 2.05) is 24.3 Å². The maximum Gasteiger partial charge on any atom is 0.337 e. The minimum Gasteiger partial charge on any atom is -0.478 e. The van der Waals surface area contributed by atoms with E-state index < -0.39 is 12.1 Å². The average molecular weight is 447 g/mol. The summed E-state index contributed by atoms with van der Waals surface area (Å²) in [5.74, 6) is -0.416. The fraction of sp³-hybridized carbons (Fsp3) is 0.182. The van der Waals surface area contributed by atoms with Crippen LogP contribution in [0.2, 0.25) is 10.0 Å². The number of carboxylic acids is 1. The number of benzene rings is 2. The molecule has 0 unspecified atom stereocenters. The van der Waals surface area contributed by atoms with Crippen LogP contribution in [0.1, 0.15) is 27.6 Å². The number of aromatic nitrogens is 1. The minimum atomic E-state index is -1.10. The minimum absolute atomic E-state index is 0.00400. The third-order valence-corrected chi connectivity index (χ3v) is 4.86. The molecule has 0 spiro atoms. The standard InChI is InChI=1S/C22H20Cl2N2O4/c23-17-3-1-2-15(10-17)20(27)13-25-9-8-14-4-6-18(7-5-14)30-21-19(24)11-16(12-26-21)22(28)29/h1-7,10-12,20,25,27H,8-9,13H2,(H,28,29)/t20-/m1/s1. The van der Waals surface area contributed by atoms with E-state index >= 15 is 0 Å². The van der Waals surface area contributed by atoms with E-state index in [9.17, 15) is 9.90 Å². The Labute approximate surface area is 184 Å². The molecule has 0 saturated carbocycles. The predicted molar refractivity (Wildman–Crippen MR) is 116 cm³/mol. The molecule has 8 heteroatoms. The van der Waals surface area contributed by atoms with Crippen LogP contribution in [0, 0.1) is 0 Å². The molecule has 3 N–H and O–H groups in total. The van der Waals surface area contributed by atoms with Crippen molar-refractivity contribution in [3.63, 3.8) is 0 Å². The molecule has 2 aromatic carbocycles. The molecule has 0 fully saturated rings. The fourth-order valence-electron chi connectivity index (χ4n) is 2.76. The van der Waals surface area contributed by atoms with Gasteiger partial charge in [0.05, 0.1) is 11.7 Å². The molecule has 0 amide bonds. The second-order valence-corrected chi connectivity index (χ2v) is 7.43. The van der Waals surface area contributed by atoms with E-state index in [-0.39, 0.29) is 16.5 Å². The zero-order valence-electron chi connectivity index (χ0n) is 15.9. The van der Waals surface area contributed by atoms with Crippen molar-refractivity contribution in [2.24, 2.45) is 0 Å². The Morgan fingerprint density at radius 3 is 2.57 bits per heavy atom. The largest absolute Gasteiger partial charge is 0.478 e. The maximum absolute atomic E-state index is 10.9. The molecule has 0 bridgehead atoms. The Morgan fingerprint density at radius 2 is 1.90 bits per heavy atom. The van der Waals surface area contributed by atoms with Crippen LogP contribution in [-0.4, -0.2) is 34.3 Å². The summed E-state index contributed by atoms with van der Waals surface area (Å²) in [5.41, 5.74) is 1.86. The molecule has 0 aliphatic carbocycles. The fourth-order valence-corrected chi connectivity index (χ4v) is 3.16. The Kier molecular flexibility index (Phi) is 7.65. The number of hydrogen-bond donors (Lipinski definition) is 3. The first-order chi connectivity index (χ1) is 14.4. The summed E-state index contributed by atoms with van der Waals surface area (Å²) in [4.78, 5) is 14.9. The number of rotatable bonds is 9. The number of nitrogens with one attached hydrogen (secondary N) is 1. The number of carboxylic acid groups (broad SMARTS) is 1. The highest BCUT2D eigenvalue weighted by Gasteiger charge is 2.11. The number of halogens is 2. The number of pyridine rings is 1. The molecule has 1 aromatic heterocycles. The molecular weight excluding hydrogens is 427 g/mol. The third kappa shape index (κ3) is 6.18. The summed E-state index contributed by atoms with van der Waals surface area (Å²) in [6, 6.07) is 15.9. The quantitative estimate of drug-likeness (QED) is 0.411. The van der Waals surface area contributed by atoms with E-state index in [0.717, 1.165) is 17.5 Å². The molecule has 30 heavy (non-hydrogen) atoms. The van der Waals surface area contributed by atoms with E-state index in [1.165, 1.54) is 12.3 Å². The summed E-state index contributed by atoms with van der Waals surface area (Å²) in [7, 11) is 0. The van der Waals surface area contributed by atoms with Crippen LogP contribution in [0.3, 0.4) is 0 Å². The van der Waals surface area contributed by atoms with Gasteiger partial charge in [0.1, 0.15) is 10.8 Å². The van der Waals surface area contributed by atoms with Crippen LogP contribution in [0.4, 0.5) is 0 Å². The lowest BCUT2D eigenvalue weighted by Gasteiger charge is -2.13. The number of aliphatic hydroxyl groups is 1. The van der Waals surface area contributed by atoms with Crippen LogP contribution in [0.15, 0.2) is 60.8 Å². The summed E-state index contributed by atoms with van der Waals surface area (Å²) in [6.07, 6.45) is 1.35. The van der Waals surface area contributed by atoms with Gasteiger partial charge in [0.25, 0.3) is 0 Å². The number of nitrogens with zero attached hydrogens (tertiary/aromatic N) is 1. The van der Waals surface area contributed by atoms with Crippen molar-refractivity contribution in [3.8, 4) is 11.6 Å². The molecule has 0 aliphatic heterocycles. The van der Waals surface area contributed by atoms with Crippen molar-refractivity contribution in [2.45, 2.75) is 12.5 Å². The van der Waals surface area contributed by atoms with E-state index in [1.54, 1.807) is 24.3 Å². The number of carbonyl (C=O) groups is 1. The van der Waals surface area contributed by atoms with Gasteiger partial charge in [-0.05, 0) is 54.4 Å². The molecule has 0 saturated heterocycles. The van der Waals surface area contributed by atoms with Gasteiger partial charge in [-0.2, -0.15) is 0 Å². The lowest BCUT2D eigenvalue weighted by atomic mass is 10.1. The first-order valence-corrected chi connectivity index (χ1v) is 9.98. The van der Waals surface area contributed by atoms with E-state index in [2.05, 4.69) is 10.3 Å². The SMILES string of the molecule is O=C(O)c1cnc(Oc2ccc(CCNC[C@@H](O)c3cccc(Cl)c3)cc2)c(Cl)c1. The summed E-state index contributed by atoms with van der Waals surface area (Å²) in [5, 5.41) is 23.1. The van der Waals surface area contributed by atoms with Crippen molar-refractivity contribution < 1.29 is 19.7 Å². The Bertz CT molecular complexity index is 1010. The van der Waals surface area contributed by atoms with Gasteiger partial charge >= 0.3 is 5.97 Å². The van der Waals surface area contributed by atoms with Crippen molar-refractivity contribution in [1.82, 2.24) is 10.3 Å². The van der Waals surface area contributed by atoms with Gasteiger partial charge in [-0.15, -0.1) is 0 Å². The van der Waals surface area contributed by atoms with Crippen molar-refractivity contribution in [2.75, 3.05) is 13.1 Å². The Hall–Kier alpha value is -2.64. The number of ether oxygens (including phenoxy) is 1. The molecule has 6 nitrogen and oxygen atoms in total. The molecule has 0 radical (unpaired) electrons. The van der Waals surface area contributed by atoms with Gasteiger partial charge in [0.2, 0.25) is 5.88 Å². The number of aromatic carboxylic acids is 1. The summed E-state index contributed by atoms with van der Waals surface area (Å²) >= 11 is 12.0. The smallest absolute Gasteiger partial charge is 0.337 e. The van der Waals surface area contributed by atoms with Gasteiger partial charge in [0.15, 0.2) is 0 Å². The molecule has 3 aromatic rings. The molecular formula is C22H20Cl2N2O4. The Morgan fingerprint density at radius 1 is 1.13 bits per heavy atom. The van der Waals surface area contributed by atoms with E-state index in [0.29, 0.717) is 23.9 Å². The lowest BCUT2D eigenvalue weighted by Crippen LogP contribution is -2.23. The van der Waals surface area contributed by atoms with Crippen molar-refractivity contribution in [1.29, 1.82) is 0 Å². The van der Waals surface area contributed by atoms with Gasteiger partial charge < -0.3 is 20.3 Å². The zero-order chi connectivity index (χ0) is 21.5. The van der Waals surface area contributed by atoms with Crippen LogP contribution in [-0.2, 0) is 6.42 Å². The lowest BCUT2D eigenvalue weighted by molar-refractivity contribution is 0.0696. The highest BCUT2D eigenvalue weighted by atomic mass is 35.5.